The van der Waals surface area contributed by atoms with E-state index < -0.39 is 35.6 Å². The van der Waals surface area contributed by atoms with Crippen LogP contribution in [0.25, 0.3) is 0 Å². The summed E-state index contributed by atoms with van der Waals surface area (Å²) in [4.78, 5) is 10.5. The van der Waals surface area contributed by atoms with Gasteiger partial charge in [0.2, 0.25) is 0 Å². The van der Waals surface area contributed by atoms with E-state index >= 15 is 0 Å². The van der Waals surface area contributed by atoms with Crippen LogP contribution < -0.4 is 5.32 Å². The smallest absolute Gasteiger partial charge is 0.292 e. The lowest BCUT2D eigenvalue weighted by Crippen LogP contribution is -2.58. The summed E-state index contributed by atoms with van der Waals surface area (Å²) in [6.07, 6.45) is -5.79. The minimum absolute atomic E-state index is 0.154. The molecule has 1 aromatic carbocycles. The van der Waals surface area contributed by atoms with Gasteiger partial charge in [0, 0.05) is 6.07 Å². The van der Waals surface area contributed by atoms with E-state index in [2.05, 4.69) is 5.32 Å². The zero-order valence-electron chi connectivity index (χ0n) is 11.6. The summed E-state index contributed by atoms with van der Waals surface area (Å²) < 4.78 is 5.36. The van der Waals surface area contributed by atoms with E-state index in [1.807, 2.05) is 0 Å². The van der Waals surface area contributed by atoms with Gasteiger partial charge >= 0.3 is 0 Å². The number of ether oxygens (including phenoxy) is 1. The molecule has 5 atom stereocenters. The van der Waals surface area contributed by atoms with E-state index in [1.165, 1.54) is 19.1 Å². The average Bonchev–Trinajstić information content (AvgIpc) is 2.44. The van der Waals surface area contributed by atoms with Crippen LogP contribution in [-0.2, 0) is 4.74 Å². The maximum atomic E-state index is 11.1. The molecule has 0 spiro atoms. The maximum absolute atomic E-state index is 11.1. The molecule has 0 aromatic heterocycles. The molecular formula is C13H18N2O6. The highest BCUT2D eigenvalue weighted by molar-refractivity contribution is 5.62. The van der Waals surface area contributed by atoms with E-state index in [0.29, 0.717) is 0 Å². The molecule has 1 fully saturated rings. The van der Waals surface area contributed by atoms with Gasteiger partial charge in [0.05, 0.1) is 11.0 Å². The topological polar surface area (TPSA) is 125 Å². The van der Waals surface area contributed by atoms with E-state index in [-0.39, 0.29) is 11.4 Å². The first-order chi connectivity index (χ1) is 9.81. The normalized spacial score (nSPS) is 32.7. The third kappa shape index (κ3) is 3.13. The summed E-state index contributed by atoms with van der Waals surface area (Å²) in [5, 5.41) is 43.0. The van der Waals surface area contributed by atoms with Crippen molar-refractivity contribution < 1.29 is 25.0 Å². The lowest BCUT2D eigenvalue weighted by atomic mass is 9.99. The number of nitrogens with zero attached hydrogens (tertiary/aromatic N) is 1. The molecule has 1 aliphatic rings. The SMILES string of the molecule is Cc1ccc(N[C@H]2O[C@@H](C)[C@@H](O)[C@@H](O)[C@H]2O)c([N+](=O)[O-])c1. The molecule has 0 saturated carbocycles. The highest BCUT2D eigenvalue weighted by Gasteiger charge is 2.42. The summed E-state index contributed by atoms with van der Waals surface area (Å²) in [6.45, 7) is 3.27. The molecule has 4 N–H and O–H groups in total. The first kappa shape index (κ1) is 15.6. The molecule has 8 heteroatoms. The monoisotopic (exact) mass is 298 g/mol. The van der Waals surface area contributed by atoms with Crippen molar-refractivity contribution in [1.82, 2.24) is 0 Å². The summed E-state index contributed by atoms with van der Waals surface area (Å²) in [5.74, 6) is 0. The number of aliphatic hydroxyl groups excluding tert-OH is 3. The Balaban J connectivity index is 2.24. The van der Waals surface area contributed by atoms with Gasteiger partial charge in [0.25, 0.3) is 5.69 Å². The largest absolute Gasteiger partial charge is 0.388 e. The second-order valence-electron chi connectivity index (χ2n) is 5.16. The number of rotatable bonds is 3. The molecule has 0 unspecified atom stereocenters. The number of hydrogen-bond acceptors (Lipinski definition) is 7. The molecule has 2 rings (SSSR count). The van der Waals surface area contributed by atoms with Crippen molar-refractivity contribution in [2.24, 2.45) is 0 Å². The lowest BCUT2D eigenvalue weighted by molar-refractivity contribution is -0.384. The number of benzene rings is 1. The van der Waals surface area contributed by atoms with E-state index in [0.717, 1.165) is 5.56 Å². The van der Waals surface area contributed by atoms with Crippen molar-refractivity contribution in [1.29, 1.82) is 0 Å². The van der Waals surface area contributed by atoms with E-state index in [4.69, 9.17) is 4.74 Å². The van der Waals surface area contributed by atoms with Gasteiger partial charge in [-0.2, -0.15) is 0 Å². The van der Waals surface area contributed by atoms with Crippen LogP contribution >= 0.6 is 0 Å². The Morgan fingerprint density at radius 3 is 2.52 bits per heavy atom. The van der Waals surface area contributed by atoms with Crippen LogP contribution in [-0.4, -0.2) is 50.9 Å². The average molecular weight is 298 g/mol. The number of nitro benzene ring substituents is 1. The molecule has 1 saturated heterocycles. The lowest BCUT2D eigenvalue weighted by Gasteiger charge is -2.39. The minimum Gasteiger partial charge on any atom is -0.388 e. The Bertz CT molecular complexity index is 537. The van der Waals surface area contributed by atoms with Crippen LogP contribution in [0.4, 0.5) is 11.4 Å². The van der Waals surface area contributed by atoms with Crippen LogP contribution in [0.1, 0.15) is 12.5 Å². The predicted molar refractivity (Wildman–Crippen MR) is 73.8 cm³/mol. The first-order valence-electron chi connectivity index (χ1n) is 6.52. The molecule has 0 bridgehead atoms. The van der Waals surface area contributed by atoms with Gasteiger partial charge in [0.15, 0.2) is 6.23 Å². The first-order valence-corrected chi connectivity index (χ1v) is 6.52. The Hall–Kier alpha value is -1.74. The van der Waals surface area contributed by atoms with Crippen molar-refractivity contribution >= 4 is 11.4 Å². The maximum Gasteiger partial charge on any atom is 0.292 e. The third-order valence-electron chi connectivity index (χ3n) is 3.50. The molecule has 1 heterocycles. The fourth-order valence-corrected chi connectivity index (χ4v) is 2.24. The molecule has 1 aromatic rings. The van der Waals surface area contributed by atoms with Crippen molar-refractivity contribution in [3.8, 4) is 0 Å². The molecule has 116 valence electrons. The van der Waals surface area contributed by atoms with Crippen molar-refractivity contribution in [3.63, 3.8) is 0 Å². The van der Waals surface area contributed by atoms with Crippen molar-refractivity contribution in [2.75, 3.05) is 5.32 Å². The highest BCUT2D eigenvalue weighted by atomic mass is 16.6. The molecule has 1 aliphatic heterocycles. The molecule has 8 nitrogen and oxygen atoms in total. The summed E-state index contributed by atoms with van der Waals surface area (Å²) in [7, 11) is 0. The predicted octanol–water partition coefficient (Wildman–Crippen LogP) is 0.143. The van der Waals surface area contributed by atoms with Gasteiger partial charge in [0.1, 0.15) is 24.0 Å². The highest BCUT2D eigenvalue weighted by Crippen LogP contribution is 2.29. The van der Waals surface area contributed by atoms with Crippen molar-refractivity contribution in [2.45, 2.75) is 44.5 Å². The molecule has 0 amide bonds. The second-order valence-corrected chi connectivity index (χ2v) is 5.16. The quantitative estimate of drug-likeness (QED) is 0.462. The van der Waals surface area contributed by atoms with Crippen LogP contribution in [0.3, 0.4) is 0 Å². The summed E-state index contributed by atoms with van der Waals surface area (Å²) in [5.41, 5.74) is 0.741. The Kier molecular flexibility index (Phi) is 4.43. The fourth-order valence-electron chi connectivity index (χ4n) is 2.24. The minimum atomic E-state index is -1.41. The summed E-state index contributed by atoms with van der Waals surface area (Å²) >= 11 is 0. The Labute approximate surface area is 121 Å². The van der Waals surface area contributed by atoms with Crippen LogP contribution in [0, 0.1) is 17.0 Å². The van der Waals surface area contributed by atoms with Crippen LogP contribution in [0.2, 0.25) is 0 Å². The molecule has 0 aliphatic carbocycles. The van der Waals surface area contributed by atoms with Gasteiger partial charge in [-0.15, -0.1) is 0 Å². The van der Waals surface area contributed by atoms with Gasteiger partial charge < -0.3 is 25.4 Å². The van der Waals surface area contributed by atoms with Gasteiger partial charge in [-0.25, -0.2) is 0 Å². The number of nitro groups is 1. The number of hydrogen-bond donors (Lipinski definition) is 4. The molecule has 21 heavy (non-hydrogen) atoms. The van der Waals surface area contributed by atoms with Gasteiger partial charge in [-0.05, 0) is 25.5 Å². The molecule has 0 radical (unpaired) electrons. The number of aliphatic hydroxyl groups is 3. The van der Waals surface area contributed by atoms with Crippen LogP contribution in [0.5, 0.6) is 0 Å². The van der Waals surface area contributed by atoms with E-state index in [1.54, 1.807) is 13.0 Å². The number of aryl methyl sites for hydroxylation is 1. The Morgan fingerprint density at radius 1 is 1.24 bits per heavy atom. The third-order valence-corrected chi connectivity index (χ3v) is 3.50. The van der Waals surface area contributed by atoms with Gasteiger partial charge in [-0.3, -0.25) is 10.1 Å². The van der Waals surface area contributed by atoms with Gasteiger partial charge in [-0.1, -0.05) is 6.07 Å². The van der Waals surface area contributed by atoms with Crippen molar-refractivity contribution in [3.05, 3.63) is 33.9 Å². The summed E-state index contributed by atoms with van der Waals surface area (Å²) in [6, 6.07) is 4.58. The fraction of sp³-hybridized carbons (Fsp3) is 0.538. The zero-order valence-corrected chi connectivity index (χ0v) is 11.6. The zero-order chi connectivity index (χ0) is 15.7. The molecular weight excluding hydrogens is 280 g/mol. The Morgan fingerprint density at radius 2 is 1.90 bits per heavy atom. The number of nitrogens with one attached hydrogen (secondary N) is 1. The second kappa shape index (κ2) is 5.94. The number of anilines is 1. The van der Waals surface area contributed by atoms with E-state index in [9.17, 15) is 25.4 Å². The van der Waals surface area contributed by atoms with Crippen LogP contribution in [0.15, 0.2) is 18.2 Å². The standard InChI is InChI=1S/C13H18N2O6/c1-6-3-4-8(9(5-6)15(19)20)14-13-12(18)11(17)10(16)7(2)21-13/h3-5,7,10-14,16-18H,1-2H3/t7-,10+,11+,12+,13-/m0/s1.